The van der Waals surface area contributed by atoms with Crippen molar-refractivity contribution in [3.63, 3.8) is 0 Å². The molecule has 5 saturated carbocycles. The predicted molar refractivity (Wildman–Crippen MR) is 125 cm³/mol. The smallest absolute Gasteiger partial charge is 0.0235 e. The molecule has 1 unspecified atom stereocenters. The molecule has 0 aromatic heterocycles. The van der Waals surface area contributed by atoms with Crippen molar-refractivity contribution < 1.29 is 0 Å². The van der Waals surface area contributed by atoms with Crippen LogP contribution in [0.15, 0.2) is 0 Å². The molecule has 0 nitrogen and oxygen atoms in total. The molecule has 0 amide bonds. The van der Waals surface area contributed by atoms with Crippen LogP contribution >= 0.6 is 0 Å². The molecule has 0 heteroatoms. The van der Waals surface area contributed by atoms with Gasteiger partial charge in [-0.05, 0) is 121 Å². The van der Waals surface area contributed by atoms with Crippen molar-refractivity contribution in [3.05, 3.63) is 0 Å². The van der Waals surface area contributed by atoms with Gasteiger partial charge in [0.1, 0.15) is 0 Å². The lowest BCUT2D eigenvalue weighted by Gasteiger charge is -2.73. The van der Waals surface area contributed by atoms with Crippen LogP contribution in [0.25, 0.3) is 0 Å². The summed E-state index contributed by atoms with van der Waals surface area (Å²) < 4.78 is 0. The van der Waals surface area contributed by atoms with Gasteiger partial charge in [-0.25, -0.2) is 0 Å². The molecular formula is C29H50. The highest BCUT2D eigenvalue weighted by Crippen LogP contribution is 2.77. The number of fused-ring (bicyclic) bond motifs is 7. The van der Waals surface area contributed by atoms with E-state index in [2.05, 4.69) is 48.5 Å². The molecule has 9 atom stereocenters. The number of rotatable bonds is 1. The Morgan fingerprint density at radius 2 is 1.21 bits per heavy atom. The highest BCUT2D eigenvalue weighted by atomic mass is 14.7. The zero-order valence-corrected chi connectivity index (χ0v) is 20.9. The first kappa shape index (κ1) is 20.9. The average Bonchev–Trinajstić information content (AvgIpc) is 2.98. The van der Waals surface area contributed by atoms with Crippen LogP contribution < -0.4 is 0 Å². The Kier molecular flexibility index (Phi) is 4.52. The molecule has 166 valence electrons. The van der Waals surface area contributed by atoms with Gasteiger partial charge in [0.05, 0.1) is 0 Å². The van der Waals surface area contributed by atoms with E-state index in [9.17, 15) is 0 Å². The first-order valence-electron chi connectivity index (χ1n) is 13.5. The fraction of sp³-hybridized carbons (Fsp3) is 1.00. The Hall–Kier alpha value is 0. The molecule has 0 aromatic carbocycles. The molecule has 0 N–H and O–H groups in total. The molecule has 0 saturated heterocycles. The van der Waals surface area contributed by atoms with Gasteiger partial charge >= 0.3 is 0 Å². The van der Waals surface area contributed by atoms with E-state index in [1.165, 1.54) is 64.2 Å². The highest BCUT2D eigenvalue weighted by Gasteiger charge is 2.69. The molecule has 5 aliphatic rings. The van der Waals surface area contributed by atoms with Crippen LogP contribution in [0.5, 0.6) is 0 Å². The second-order valence-electron chi connectivity index (χ2n) is 14.3. The van der Waals surface area contributed by atoms with Crippen molar-refractivity contribution in [3.8, 4) is 0 Å². The molecule has 0 bridgehead atoms. The summed E-state index contributed by atoms with van der Waals surface area (Å²) in [6.45, 7) is 18.8. The van der Waals surface area contributed by atoms with Crippen LogP contribution in [0.4, 0.5) is 0 Å². The molecule has 0 aliphatic heterocycles. The summed E-state index contributed by atoms with van der Waals surface area (Å²) in [6.07, 6.45) is 18.1. The molecule has 0 spiro atoms. The Balaban J connectivity index is 1.53. The van der Waals surface area contributed by atoms with Crippen LogP contribution in [0.1, 0.15) is 126 Å². The normalized spacial score (nSPS) is 58.7. The van der Waals surface area contributed by atoms with Gasteiger partial charge < -0.3 is 0 Å². The lowest BCUT2D eigenvalue weighted by molar-refractivity contribution is -0.241. The maximum absolute atomic E-state index is 2.81. The Morgan fingerprint density at radius 3 is 1.86 bits per heavy atom. The minimum absolute atomic E-state index is 0.565. The van der Waals surface area contributed by atoms with Gasteiger partial charge in [0.2, 0.25) is 0 Å². The minimum atomic E-state index is 0.565. The lowest BCUT2D eigenvalue weighted by Crippen LogP contribution is -2.65. The topological polar surface area (TPSA) is 0 Å². The van der Waals surface area contributed by atoms with E-state index < -0.39 is 0 Å². The second-order valence-corrected chi connectivity index (χ2v) is 14.3. The van der Waals surface area contributed by atoms with Gasteiger partial charge in [-0.15, -0.1) is 0 Å². The van der Waals surface area contributed by atoms with Gasteiger partial charge in [-0.1, -0.05) is 61.3 Å². The third-order valence-electron chi connectivity index (χ3n) is 13.4. The Bertz CT molecular complexity index is 661. The van der Waals surface area contributed by atoms with Crippen molar-refractivity contribution >= 4 is 0 Å². The second kappa shape index (κ2) is 6.28. The highest BCUT2D eigenvalue weighted by molar-refractivity contribution is 5.18. The molecule has 0 heterocycles. The van der Waals surface area contributed by atoms with Crippen LogP contribution in [-0.2, 0) is 0 Å². The molecule has 29 heavy (non-hydrogen) atoms. The fourth-order valence-corrected chi connectivity index (χ4v) is 11.9. The van der Waals surface area contributed by atoms with Crippen molar-refractivity contribution in [2.24, 2.45) is 56.7 Å². The summed E-state index contributed by atoms with van der Waals surface area (Å²) in [5, 5.41) is 0. The Morgan fingerprint density at radius 1 is 0.586 bits per heavy atom. The fourth-order valence-electron chi connectivity index (χ4n) is 11.9. The molecule has 0 aromatic rings. The summed E-state index contributed by atoms with van der Waals surface area (Å²) in [7, 11) is 0. The lowest BCUT2D eigenvalue weighted by atomic mass is 9.32. The van der Waals surface area contributed by atoms with Crippen LogP contribution in [-0.4, -0.2) is 0 Å². The SMILES string of the molecule is CCC1CC[C@@]2(C)[C@@H]1CC[C@]1(C)[C@@H]2CC[C@@H]2[C@@]3(C)CCCC(C)(C)[C@@H]3CC[C@]21C. The van der Waals surface area contributed by atoms with E-state index in [0.717, 1.165) is 29.6 Å². The van der Waals surface area contributed by atoms with E-state index in [4.69, 9.17) is 0 Å². The summed E-state index contributed by atoms with van der Waals surface area (Å²) >= 11 is 0. The van der Waals surface area contributed by atoms with Crippen molar-refractivity contribution in [1.29, 1.82) is 0 Å². The summed E-state index contributed by atoms with van der Waals surface area (Å²) in [4.78, 5) is 0. The molecule has 5 aliphatic carbocycles. The zero-order valence-electron chi connectivity index (χ0n) is 20.9. The Labute approximate surface area is 182 Å². The summed E-state index contributed by atoms with van der Waals surface area (Å²) in [6, 6.07) is 0. The largest absolute Gasteiger partial charge is 0.0651 e. The van der Waals surface area contributed by atoms with E-state index >= 15 is 0 Å². The predicted octanol–water partition coefficient (Wildman–Crippen LogP) is 8.89. The zero-order chi connectivity index (χ0) is 20.9. The maximum Gasteiger partial charge on any atom is -0.0235 e. The third kappa shape index (κ3) is 2.44. The minimum Gasteiger partial charge on any atom is -0.0651 e. The van der Waals surface area contributed by atoms with Gasteiger partial charge in [-0.3, -0.25) is 0 Å². The molecule has 5 fully saturated rings. The summed E-state index contributed by atoms with van der Waals surface area (Å²) in [5.74, 6) is 4.99. The monoisotopic (exact) mass is 398 g/mol. The average molecular weight is 399 g/mol. The molecule has 5 rings (SSSR count). The van der Waals surface area contributed by atoms with E-state index in [0.29, 0.717) is 27.1 Å². The molecule has 0 radical (unpaired) electrons. The third-order valence-corrected chi connectivity index (χ3v) is 13.4. The molecular weight excluding hydrogens is 348 g/mol. The number of hydrogen-bond acceptors (Lipinski definition) is 0. The van der Waals surface area contributed by atoms with E-state index in [1.807, 2.05) is 0 Å². The van der Waals surface area contributed by atoms with Crippen LogP contribution in [0.3, 0.4) is 0 Å². The van der Waals surface area contributed by atoms with Gasteiger partial charge in [0.15, 0.2) is 0 Å². The first-order chi connectivity index (χ1) is 13.5. The van der Waals surface area contributed by atoms with Crippen LogP contribution in [0, 0.1) is 56.7 Å². The quantitative estimate of drug-likeness (QED) is 0.413. The van der Waals surface area contributed by atoms with Crippen molar-refractivity contribution in [1.82, 2.24) is 0 Å². The van der Waals surface area contributed by atoms with E-state index in [1.54, 1.807) is 12.8 Å². The van der Waals surface area contributed by atoms with Crippen molar-refractivity contribution in [2.45, 2.75) is 126 Å². The maximum atomic E-state index is 2.81. The first-order valence-corrected chi connectivity index (χ1v) is 13.5. The van der Waals surface area contributed by atoms with Crippen molar-refractivity contribution in [2.75, 3.05) is 0 Å². The summed E-state index contributed by atoms with van der Waals surface area (Å²) in [5.41, 5.74) is 2.97. The van der Waals surface area contributed by atoms with Gasteiger partial charge in [0, 0.05) is 0 Å². The van der Waals surface area contributed by atoms with Crippen LogP contribution in [0.2, 0.25) is 0 Å². The van der Waals surface area contributed by atoms with Gasteiger partial charge in [0.25, 0.3) is 0 Å². The number of hydrogen-bond donors (Lipinski definition) is 0. The standard InChI is InChI=1S/C29H50/c1-8-20-12-17-26(4)21(20)13-18-28(6)23(26)10-11-24-27(5)16-9-15-25(2,3)22(27)14-19-29(24,28)7/h20-24H,8-19H2,1-7H3/t20?,21-,22+,23-,24-,26+,27+,28-,29-/m1/s1. The van der Waals surface area contributed by atoms with Gasteiger partial charge in [-0.2, -0.15) is 0 Å². The van der Waals surface area contributed by atoms with E-state index in [-0.39, 0.29) is 0 Å².